The lowest BCUT2D eigenvalue weighted by Gasteiger charge is -2.30. The highest BCUT2D eigenvalue weighted by Crippen LogP contribution is 2.08. The zero-order chi connectivity index (χ0) is 22.0. The lowest BCUT2D eigenvalue weighted by atomic mass is 10.2. The van der Waals surface area contributed by atoms with Crippen molar-refractivity contribution < 1.29 is 38.7 Å². The van der Waals surface area contributed by atoms with E-state index >= 15 is 0 Å². The van der Waals surface area contributed by atoms with Crippen molar-refractivity contribution in [2.45, 2.75) is 59.6 Å². The second-order valence-electron chi connectivity index (χ2n) is 6.55. The molecule has 0 saturated carbocycles. The standard InChI is InChI=1S/C18H26N2O8/c1-11(21)7-15(25)19(16(26)8-12(2)22)5-6-20(17(27)9-13(3)23)18(28)10-14(4)24/h15,25H,5-10H2,1-4H3. The van der Waals surface area contributed by atoms with Gasteiger partial charge in [0.2, 0.25) is 17.7 Å². The number of hydrogen-bond acceptors (Lipinski definition) is 8. The van der Waals surface area contributed by atoms with Crippen molar-refractivity contribution in [3.8, 4) is 0 Å². The van der Waals surface area contributed by atoms with Gasteiger partial charge in [-0.2, -0.15) is 0 Å². The number of carbonyl (C=O) groups excluding carboxylic acids is 7. The van der Waals surface area contributed by atoms with Crippen molar-refractivity contribution >= 4 is 40.9 Å². The summed E-state index contributed by atoms with van der Waals surface area (Å²) in [6.45, 7) is 3.92. The average molecular weight is 398 g/mol. The van der Waals surface area contributed by atoms with Gasteiger partial charge in [-0.25, -0.2) is 0 Å². The molecule has 10 heteroatoms. The van der Waals surface area contributed by atoms with E-state index in [-0.39, 0.29) is 6.54 Å². The summed E-state index contributed by atoms with van der Waals surface area (Å²) in [5.41, 5.74) is 0. The molecule has 10 nitrogen and oxygen atoms in total. The molecule has 1 atom stereocenters. The fourth-order valence-corrected chi connectivity index (χ4v) is 2.33. The molecule has 0 aromatic carbocycles. The van der Waals surface area contributed by atoms with Crippen LogP contribution in [0.1, 0.15) is 53.4 Å². The second kappa shape index (κ2) is 11.9. The predicted octanol–water partition coefficient (Wildman–Crippen LogP) is -0.595. The summed E-state index contributed by atoms with van der Waals surface area (Å²) in [6, 6.07) is 0. The molecule has 0 heterocycles. The Balaban J connectivity index is 5.47. The summed E-state index contributed by atoms with van der Waals surface area (Å²) < 4.78 is 0. The molecular weight excluding hydrogens is 372 g/mol. The zero-order valence-corrected chi connectivity index (χ0v) is 16.5. The molecule has 0 fully saturated rings. The first kappa shape index (κ1) is 25.2. The highest BCUT2D eigenvalue weighted by atomic mass is 16.3. The molecule has 0 spiro atoms. The average Bonchev–Trinajstić information content (AvgIpc) is 2.47. The molecule has 0 rings (SSSR count). The first-order valence-electron chi connectivity index (χ1n) is 8.63. The summed E-state index contributed by atoms with van der Waals surface area (Å²) in [7, 11) is 0. The number of amides is 3. The summed E-state index contributed by atoms with van der Waals surface area (Å²) in [6.07, 6.45) is -3.61. The monoisotopic (exact) mass is 398 g/mol. The van der Waals surface area contributed by atoms with Gasteiger partial charge in [0.05, 0.1) is 25.7 Å². The maximum absolute atomic E-state index is 12.2. The summed E-state index contributed by atoms with van der Waals surface area (Å²) in [5, 5.41) is 10.1. The first-order valence-corrected chi connectivity index (χ1v) is 8.63. The summed E-state index contributed by atoms with van der Waals surface area (Å²) >= 11 is 0. The molecule has 0 aromatic rings. The minimum absolute atomic E-state index is 0.367. The number of ketones is 4. The Hall–Kier alpha value is -2.75. The van der Waals surface area contributed by atoms with Crippen LogP contribution in [0.3, 0.4) is 0 Å². The van der Waals surface area contributed by atoms with Gasteiger partial charge in [-0.1, -0.05) is 0 Å². The summed E-state index contributed by atoms with van der Waals surface area (Å²) in [5.74, 6) is -4.34. The van der Waals surface area contributed by atoms with E-state index in [0.717, 1.165) is 18.7 Å². The van der Waals surface area contributed by atoms with Crippen LogP contribution in [0.25, 0.3) is 0 Å². The maximum atomic E-state index is 12.2. The van der Waals surface area contributed by atoms with Crippen LogP contribution in [0, 0.1) is 0 Å². The number of nitrogens with zero attached hydrogens (tertiary/aromatic N) is 2. The number of aliphatic hydroxyl groups excluding tert-OH is 1. The van der Waals surface area contributed by atoms with Crippen molar-refractivity contribution in [2.75, 3.05) is 13.1 Å². The Morgan fingerprint density at radius 2 is 1.04 bits per heavy atom. The number of imide groups is 1. The largest absolute Gasteiger partial charge is 0.373 e. The van der Waals surface area contributed by atoms with Gasteiger partial charge in [0, 0.05) is 13.1 Å². The van der Waals surface area contributed by atoms with E-state index in [1.165, 1.54) is 13.8 Å². The van der Waals surface area contributed by atoms with Gasteiger partial charge < -0.3 is 10.0 Å². The third-order valence-electron chi connectivity index (χ3n) is 3.52. The minimum atomic E-state index is -1.54. The molecule has 0 aliphatic rings. The molecule has 3 amide bonds. The van der Waals surface area contributed by atoms with Crippen LogP contribution < -0.4 is 0 Å². The SMILES string of the molecule is CC(=O)CC(=O)N(CCN(C(=O)CC(C)=O)C(O)CC(C)=O)C(=O)CC(C)=O. The van der Waals surface area contributed by atoms with Crippen LogP contribution in [0.4, 0.5) is 0 Å². The number of Topliss-reactive ketones (excluding diaryl/α,β-unsaturated/α-hetero) is 4. The second-order valence-corrected chi connectivity index (χ2v) is 6.55. The van der Waals surface area contributed by atoms with Crippen LogP contribution in [0.5, 0.6) is 0 Å². The van der Waals surface area contributed by atoms with Crippen molar-refractivity contribution in [2.24, 2.45) is 0 Å². The lowest BCUT2D eigenvalue weighted by Crippen LogP contribution is -2.48. The van der Waals surface area contributed by atoms with E-state index in [1.807, 2.05) is 0 Å². The molecule has 0 aliphatic carbocycles. The Kier molecular flexibility index (Phi) is 10.7. The third-order valence-corrected chi connectivity index (χ3v) is 3.52. The molecule has 0 bridgehead atoms. The van der Waals surface area contributed by atoms with E-state index < -0.39 is 79.3 Å². The smallest absolute Gasteiger partial charge is 0.236 e. The number of rotatable bonds is 12. The van der Waals surface area contributed by atoms with E-state index in [4.69, 9.17) is 0 Å². The van der Waals surface area contributed by atoms with Gasteiger partial charge in [0.25, 0.3) is 0 Å². The van der Waals surface area contributed by atoms with Gasteiger partial charge >= 0.3 is 0 Å². The van der Waals surface area contributed by atoms with Gasteiger partial charge in [-0.3, -0.25) is 38.5 Å². The highest BCUT2D eigenvalue weighted by molar-refractivity contribution is 6.08. The van der Waals surface area contributed by atoms with Crippen LogP contribution in [0.2, 0.25) is 0 Å². The molecule has 0 aromatic heterocycles. The molecule has 156 valence electrons. The molecule has 1 N–H and O–H groups in total. The van der Waals surface area contributed by atoms with Crippen molar-refractivity contribution in [1.29, 1.82) is 0 Å². The van der Waals surface area contributed by atoms with E-state index in [0.29, 0.717) is 4.90 Å². The van der Waals surface area contributed by atoms with Gasteiger partial charge in [0.15, 0.2) is 0 Å². The lowest BCUT2D eigenvalue weighted by molar-refractivity contribution is -0.152. The normalized spacial score (nSPS) is 11.3. The number of hydrogen-bond donors (Lipinski definition) is 1. The van der Waals surface area contributed by atoms with E-state index in [2.05, 4.69) is 0 Å². The molecule has 1 unspecified atom stereocenters. The van der Waals surface area contributed by atoms with E-state index in [1.54, 1.807) is 0 Å². The fourth-order valence-electron chi connectivity index (χ4n) is 2.33. The number of carbonyl (C=O) groups is 7. The van der Waals surface area contributed by atoms with Crippen molar-refractivity contribution in [3.05, 3.63) is 0 Å². The van der Waals surface area contributed by atoms with Crippen molar-refractivity contribution in [1.82, 2.24) is 9.80 Å². The predicted molar refractivity (Wildman–Crippen MR) is 95.6 cm³/mol. The Morgan fingerprint density at radius 3 is 1.39 bits per heavy atom. The molecule has 0 aliphatic heterocycles. The highest BCUT2D eigenvalue weighted by Gasteiger charge is 2.28. The quantitative estimate of drug-likeness (QED) is 0.339. The van der Waals surface area contributed by atoms with Crippen LogP contribution >= 0.6 is 0 Å². The number of aliphatic hydroxyl groups is 1. The van der Waals surface area contributed by atoms with Gasteiger partial charge in [0.1, 0.15) is 29.4 Å². The molecular formula is C18H26N2O8. The molecule has 0 radical (unpaired) electrons. The summed E-state index contributed by atoms with van der Waals surface area (Å²) in [4.78, 5) is 82.9. The zero-order valence-electron chi connectivity index (χ0n) is 16.5. The van der Waals surface area contributed by atoms with Gasteiger partial charge in [-0.15, -0.1) is 0 Å². The Bertz CT molecular complexity index is 642. The molecule has 0 saturated heterocycles. The third kappa shape index (κ3) is 9.81. The van der Waals surface area contributed by atoms with E-state index in [9.17, 15) is 38.7 Å². The van der Waals surface area contributed by atoms with Crippen LogP contribution in [0.15, 0.2) is 0 Å². The Morgan fingerprint density at radius 1 is 0.643 bits per heavy atom. The maximum Gasteiger partial charge on any atom is 0.236 e. The molecule has 28 heavy (non-hydrogen) atoms. The Labute approximate surface area is 162 Å². The van der Waals surface area contributed by atoms with Crippen LogP contribution in [-0.4, -0.2) is 75.1 Å². The van der Waals surface area contributed by atoms with Gasteiger partial charge in [-0.05, 0) is 27.7 Å². The van der Waals surface area contributed by atoms with Crippen LogP contribution in [-0.2, 0) is 33.6 Å². The fraction of sp³-hybridized carbons (Fsp3) is 0.611. The minimum Gasteiger partial charge on any atom is -0.373 e. The van der Waals surface area contributed by atoms with Crippen molar-refractivity contribution in [3.63, 3.8) is 0 Å². The first-order chi connectivity index (χ1) is 12.8. The topological polar surface area (TPSA) is 146 Å².